The Morgan fingerprint density at radius 1 is 1.69 bits per heavy atom. The Morgan fingerprint density at radius 3 is 3.12 bits per heavy atom. The van der Waals surface area contributed by atoms with Crippen LogP contribution in [0.5, 0.6) is 0 Å². The Hall–Kier alpha value is -1.40. The number of nitrogens with zero attached hydrogens (tertiary/aromatic N) is 3. The van der Waals surface area contributed by atoms with E-state index in [1.807, 2.05) is 6.92 Å². The molecule has 1 aromatic heterocycles. The van der Waals surface area contributed by atoms with E-state index in [4.69, 9.17) is 10.9 Å². The predicted molar refractivity (Wildman–Crippen MR) is 62.0 cm³/mol. The van der Waals surface area contributed by atoms with Gasteiger partial charge in [-0.05, 0) is 13.3 Å². The number of anilines is 2. The van der Waals surface area contributed by atoms with E-state index < -0.39 is 0 Å². The summed E-state index contributed by atoms with van der Waals surface area (Å²) in [7, 11) is 0. The zero-order valence-electron chi connectivity index (χ0n) is 9.35. The number of rotatable bonds is 3. The number of hydrogen-bond acceptors (Lipinski definition) is 6. The molecule has 1 fully saturated rings. The van der Waals surface area contributed by atoms with Crippen LogP contribution in [0.1, 0.15) is 12.0 Å². The number of nitrogens with two attached hydrogens (primary N) is 1. The van der Waals surface area contributed by atoms with Crippen LogP contribution < -0.4 is 16.2 Å². The minimum atomic E-state index is 0.239. The van der Waals surface area contributed by atoms with Crippen molar-refractivity contribution in [3.05, 3.63) is 11.8 Å². The predicted octanol–water partition coefficient (Wildman–Crippen LogP) is -0.111. The number of aliphatic hydroxyl groups excluding tert-OH is 1. The minimum Gasteiger partial charge on any atom is -0.396 e. The average Bonchev–Trinajstić information content (AvgIpc) is 2.78. The number of aliphatic hydroxyl groups is 1. The monoisotopic (exact) mass is 223 g/mol. The average molecular weight is 223 g/mol. The van der Waals surface area contributed by atoms with Crippen molar-refractivity contribution in [3.63, 3.8) is 0 Å². The quantitative estimate of drug-likeness (QED) is 0.489. The van der Waals surface area contributed by atoms with Gasteiger partial charge in [-0.25, -0.2) is 10.8 Å². The molecule has 1 aliphatic heterocycles. The zero-order chi connectivity index (χ0) is 11.5. The van der Waals surface area contributed by atoms with Crippen molar-refractivity contribution in [2.24, 2.45) is 11.8 Å². The third-order valence-electron chi connectivity index (χ3n) is 2.92. The van der Waals surface area contributed by atoms with Crippen molar-refractivity contribution in [1.82, 2.24) is 9.97 Å². The SMILES string of the molecule is Cc1cnc(NN)nc1N1CCC(CO)C1. The summed E-state index contributed by atoms with van der Waals surface area (Å²) in [5.74, 6) is 6.96. The summed E-state index contributed by atoms with van der Waals surface area (Å²) >= 11 is 0. The van der Waals surface area contributed by atoms with E-state index in [1.165, 1.54) is 0 Å². The Balaban J connectivity index is 2.20. The van der Waals surface area contributed by atoms with Gasteiger partial charge in [0, 0.05) is 37.4 Å². The van der Waals surface area contributed by atoms with Crippen LogP contribution in [0, 0.1) is 12.8 Å². The van der Waals surface area contributed by atoms with Crippen LogP contribution in [0.25, 0.3) is 0 Å². The minimum absolute atomic E-state index is 0.239. The van der Waals surface area contributed by atoms with Gasteiger partial charge in [-0.1, -0.05) is 0 Å². The van der Waals surface area contributed by atoms with Crippen molar-refractivity contribution in [2.75, 3.05) is 30.0 Å². The summed E-state index contributed by atoms with van der Waals surface area (Å²) in [6.45, 7) is 3.98. The van der Waals surface area contributed by atoms with Gasteiger partial charge in [-0.2, -0.15) is 4.98 Å². The highest BCUT2D eigenvalue weighted by Gasteiger charge is 2.24. The maximum absolute atomic E-state index is 9.11. The van der Waals surface area contributed by atoms with E-state index in [9.17, 15) is 0 Å². The first kappa shape index (κ1) is 11.1. The van der Waals surface area contributed by atoms with Crippen molar-refractivity contribution in [1.29, 1.82) is 0 Å². The Labute approximate surface area is 94.5 Å². The molecule has 2 rings (SSSR count). The molecule has 1 aromatic rings. The van der Waals surface area contributed by atoms with Crippen molar-refractivity contribution in [2.45, 2.75) is 13.3 Å². The summed E-state index contributed by atoms with van der Waals surface area (Å²) < 4.78 is 0. The van der Waals surface area contributed by atoms with Gasteiger partial charge in [0.2, 0.25) is 5.95 Å². The van der Waals surface area contributed by atoms with Crippen LogP contribution in [0.15, 0.2) is 6.20 Å². The molecule has 0 spiro atoms. The van der Waals surface area contributed by atoms with Crippen molar-refractivity contribution in [3.8, 4) is 0 Å². The number of hydrogen-bond donors (Lipinski definition) is 3. The van der Waals surface area contributed by atoms with Gasteiger partial charge in [0.25, 0.3) is 0 Å². The van der Waals surface area contributed by atoms with Gasteiger partial charge < -0.3 is 10.0 Å². The maximum atomic E-state index is 9.11. The highest BCUT2D eigenvalue weighted by molar-refractivity contribution is 5.49. The second-order valence-corrected chi connectivity index (χ2v) is 4.13. The normalized spacial score (nSPS) is 20.2. The lowest BCUT2D eigenvalue weighted by Gasteiger charge is -2.19. The number of aryl methyl sites for hydroxylation is 1. The van der Waals surface area contributed by atoms with E-state index in [2.05, 4.69) is 20.3 Å². The van der Waals surface area contributed by atoms with Crippen molar-refractivity contribution < 1.29 is 5.11 Å². The van der Waals surface area contributed by atoms with E-state index in [0.717, 1.165) is 30.9 Å². The molecule has 1 saturated heterocycles. The molecule has 1 aliphatic rings. The lowest BCUT2D eigenvalue weighted by molar-refractivity contribution is 0.238. The third kappa shape index (κ3) is 2.07. The van der Waals surface area contributed by atoms with E-state index in [1.54, 1.807) is 6.20 Å². The number of nitrogens with one attached hydrogen (secondary N) is 1. The fourth-order valence-electron chi connectivity index (χ4n) is 2.00. The van der Waals surface area contributed by atoms with Gasteiger partial charge >= 0.3 is 0 Å². The molecule has 0 aliphatic carbocycles. The molecule has 1 unspecified atom stereocenters. The van der Waals surface area contributed by atoms with E-state index >= 15 is 0 Å². The van der Waals surface area contributed by atoms with E-state index in [-0.39, 0.29) is 6.61 Å². The molecule has 0 saturated carbocycles. The topological polar surface area (TPSA) is 87.3 Å². The maximum Gasteiger partial charge on any atom is 0.239 e. The number of hydrazine groups is 1. The molecule has 2 heterocycles. The van der Waals surface area contributed by atoms with Crippen LogP contribution in [0.3, 0.4) is 0 Å². The number of nitrogen functional groups attached to an aromatic ring is 1. The first-order valence-electron chi connectivity index (χ1n) is 5.40. The molecule has 6 nitrogen and oxygen atoms in total. The molecule has 88 valence electrons. The summed E-state index contributed by atoms with van der Waals surface area (Å²) in [4.78, 5) is 10.5. The van der Waals surface area contributed by atoms with Crippen LogP contribution in [-0.2, 0) is 0 Å². The molecular weight excluding hydrogens is 206 g/mol. The Bertz CT molecular complexity index is 370. The summed E-state index contributed by atoms with van der Waals surface area (Å²) in [5.41, 5.74) is 3.47. The first-order valence-corrected chi connectivity index (χ1v) is 5.40. The molecule has 4 N–H and O–H groups in total. The van der Waals surface area contributed by atoms with Gasteiger partial charge in [0.1, 0.15) is 5.82 Å². The van der Waals surface area contributed by atoms with Gasteiger partial charge in [-0.3, -0.25) is 5.43 Å². The highest BCUT2D eigenvalue weighted by atomic mass is 16.3. The van der Waals surface area contributed by atoms with E-state index in [0.29, 0.717) is 11.9 Å². The van der Waals surface area contributed by atoms with Crippen LogP contribution in [0.4, 0.5) is 11.8 Å². The Morgan fingerprint density at radius 2 is 2.50 bits per heavy atom. The second-order valence-electron chi connectivity index (χ2n) is 4.13. The summed E-state index contributed by atoms with van der Waals surface area (Å²) in [6, 6.07) is 0. The largest absolute Gasteiger partial charge is 0.396 e. The smallest absolute Gasteiger partial charge is 0.239 e. The van der Waals surface area contributed by atoms with Crippen LogP contribution in [0.2, 0.25) is 0 Å². The fraction of sp³-hybridized carbons (Fsp3) is 0.600. The fourth-order valence-corrected chi connectivity index (χ4v) is 2.00. The molecule has 0 radical (unpaired) electrons. The summed E-state index contributed by atoms with van der Waals surface area (Å²) in [5, 5.41) is 9.11. The van der Waals surface area contributed by atoms with Crippen molar-refractivity contribution >= 4 is 11.8 Å². The molecule has 6 heteroatoms. The molecule has 1 atom stereocenters. The molecule has 0 amide bonds. The molecule has 0 aromatic carbocycles. The first-order chi connectivity index (χ1) is 7.74. The third-order valence-corrected chi connectivity index (χ3v) is 2.92. The lowest BCUT2D eigenvalue weighted by Crippen LogP contribution is -2.23. The van der Waals surface area contributed by atoms with Crippen LogP contribution in [-0.4, -0.2) is 34.8 Å². The highest BCUT2D eigenvalue weighted by Crippen LogP contribution is 2.24. The number of aromatic nitrogens is 2. The molecular formula is C10H17N5O. The molecule has 0 bridgehead atoms. The molecule has 16 heavy (non-hydrogen) atoms. The zero-order valence-corrected chi connectivity index (χ0v) is 9.35. The van der Waals surface area contributed by atoms with Gasteiger partial charge in [-0.15, -0.1) is 0 Å². The summed E-state index contributed by atoms with van der Waals surface area (Å²) in [6.07, 6.45) is 2.76. The second kappa shape index (κ2) is 4.63. The van der Waals surface area contributed by atoms with Gasteiger partial charge in [0.05, 0.1) is 0 Å². The Kier molecular flexibility index (Phi) is 3.21. The van der Waals surface area contributed by atoms with Gasteiger partial charge in [0.15, 0.2) is 0 Å². The standard InChI is InChI=1S/C10H17N5O/c1-7-4-12-10(14-11)13-9(7)15-3-2-8(5-15)6-16/h4,8,16H,2-3,5-6,11H2,1H3,(H,12,13,14). The van der Waals surface area contributed by atoms with Crippen LogP contribution >= 0.6 is 0 Å². The lowest BCUT2D eigenvalue weighted by atomic mass is 10.1.